The molecule has 0 amide bonds. The third-order valence-electron chi connectivity index (χ3n) is 3.23. The Kier molecular flexibility index (Phi) is 6.33. The third kappa shape index (κ3) is 5.94. The van der Waals surface area contributed by atoms with Gasteiger partial charge in [0.2, 0.25) is 6.36 Å². The van der Waals surface area contributed by atoms with E-state index in [1.807, 2.05) is 27.7 Å². The first-order chi connectivity index (χ1) is 8.51. The number of ether oxygens (including phenoxy) is 3. The van der Waals surface area contributed by atoms with Crippen molar-refractivity contribution in [1.82, 2.24) is 0 Å². The van der Waals surface area contributed by atoms with Crippen LogP contribution in [0.25, 0.3) is 0 Å². The second kappa shape index (κ2) is 6.78. The lowest BCUT2D eigenvalue weighted by molar-refractivity contribution is -0.106. The first-order valence-corrected chi connectivity index (χ1v) is 6.32. The van der Waals surface area contributed by atoms with Gasteiger partial charge in [-0.25, -0.2) is 9.18 Å². The van der Waals surface area contributed by atoms with Crippen LogP contribution in [0.3, 0.4) is 0 Å². The van der Waals surface area contributed by atoms with E-state index in [2.05, 4.69) is 11.3 Å². The van der Waals surface area contributed by atoms with E-state index in [0.29, 0.717) is 0 Å². The van der Waals surface area contributed by atoms with Crippen LogP contribution in [0.2, 0.25) is 0 Å². The average molecular weight is 276 g/mol. The molecule has 0 fully saturated rings. The molecule has 1 unspecified atom stereocenters. The Hall–Kier alpha value is -1.26. The highest BCUT2D eigenvalue weighted by Crippen LogP contribution is 2.39. The van der Waals surface area contributed by atoms with Crippen molar-refractivity contribution in [2.45, 2.75) is 66.0 Å². The largest absolute Gasteiger partial charge is 0.511 e. The van der Waals surface area contributed by atoms with Gasteiger partial charge in [0.15, 0.2) is 0 Å². The first kappa shape index (κ1) is 17.7. The molecule has 4 nitrogen and oxygen atoms in total. The monoisotopic (exact) mass is 276 g/mol. The molecule has 0 aliphatic heterocycles. The highest BCUT2D eigenvalue weighted by atomic mass is 19.1. The van der Waals surface area contributed by atoms with Crippen molar-refractivity contribution in [2.24, 2.45) is 5.41 Å². The minimum absolute atomic E-state index is 0.00103. The van der Waals surface area contributed by atoms with Gasteiger partial charge in [-0.2, -0.15) is 0 Å². The smallest absolute Gasteiger partial charge is 0.496 e. The summed E-state index contributed by atoms with van der Waals surface area (Å²) < 4.78 is 28.4. The fraction of sp³-hybridized carbons (Fsp3) is 0.786. The van der Waals surface area contributed by atoms with E-state index in [4.69, 9.17) is 9.47 Å². The van der Waals surface area contributed by atoms with Crippen LogP contribution >= 0.6 is 0 Å². The lowest BCUT2D eigenvalue weighted by Gasteiger charge is -2.41. The van der Waals surface area contributed by atoms with Gasteiger partial charge in [0, 0.05) is 11.8 Å². The summed E-state index contributed by atoms with van der Waals surface area (Å²) in [6.07, 6.45) is -1.76. The fourth-order valence-corrected chi connectivity index (χ4v) is 1.38. The quantitative estimate of drug-likeness (QED) is 0.516. The number of halogens is 1. The molecule has 0 aliphatic carbocycles. The zero-order valence-electron chi connectivity index (χ0n) is 12.7. The second-order valence-corrected chi connectivity index (χ2v) is 5.83. The van der Waals surface area contributed by atoms with Crippen molar-refractivity contribution in [3.8, 4) is 0 Å². The predicted molar refractivity (Wildman–Crippen MR) is 71.4 cm³/mol. The molecule has 19 heavy (non-hydrogen) atoms. The summed E-state index contributed by atoms with van der Waals surface area (Å²) in [5.74, 6) is 0. The SMILES string of the molecule is C=COC(C)(C)C(C)(C)CC(F)OC(=O)OC(C)C. The molecule has 0 N–H and O–H groups in total. The van der Waals surface area contributed by atoms with Crippen LogP contribution in [0.15, 0.2) is 12.8 Å². The molecule has 5 heteroatoms. The van der Waals surface area contributed by atoms with Crippen molar-refractivity contribution in [1.29, 1.82) is 0 Å². The Morgan fingerprint density at radius 1 is 1.26 bits per heavy atom. The van der Waals surface area contributed by atoms with Crippen LogP contribution < -0.4 is 0 Å². The van der Waals surface area contributed by atoms with Crippen LogP contribution in [0.4, 0.5) is 9.18 Å². The Bertz CT molecular complexity index is 311. The van der Waals surface area contributed by atoms with Crippen LogP contribution in [0, 0.1) is 5.41 Å². The van der Waals surface area contributed by atoms with E-state index in [0.717, 1.165) is 0 Å². The summed E-state index contributed by atoms with van der Waals surface area (Å²) in [4.78, 5) is 11.2. The van der Waals surface area contributed by atoms with Gasteiger partial charge in [0.25, 0.3) is 0 Å². The van der Waals surface area contributed by atoms with Crippen molar-refractivity contribution in [2.75, 3.05) is 0 Å². The number of carbonyl (C=O) groups excluding carboxylic acids is 1. The van der Waals surface area contributed by atoms with Gasteiger partial charge in [-0.05, 0) is 27.7 Å². The minimum atomic E-state index is -1.74. The second-order valence-electron chi connectivity index (χ2n) is 5.83. The first-order valence-electron chi connectivity index (χ1n) is 6.32. The topological polar surface area (TPSA) is 44.8 Å². The Labute approximate surface area is 114 Å². The summed E-state index contributed by atoms with van der Waals surface area (Å²) in [6, 6.07) is 0. The van der Waals surface area contributed by atoms with E-state index < -0.39 is 23.5 Å². The molecule has 0 saturated carbocycles. The lowest BCUT2D eigenvalue weighted by Crippen LogP contribution is -2.42. The fourth-order valence-electron chi connectivity index (χ4n) is 1.38. The molecule has 0 rings (SSSR count). The molecule has 0 radical (unpaired) electrons. The van der Waals surface area contributed by atoms with E-state index in [1.54, 1.807) is 13.8 Å². The molecule has 0 aromatic rings. The highest BCUT2D eigenvalue weighted by Gasteiger charge is 2.41. The molecule has 0 aromatic heterocycles. The third-order valence-corrected chi connectivity index (χ3v) is 3.23. The zero-order chi connectivity index (χ0) is 15.3. The van der Waals surface area contributed by atoms with Crippen LogP contribution in [0.5, 0.6) is 0 Å². The molecule has 1 atom stereocenters. The summed E-state index contributed by atoms with van der Waals surface area (Å²) in [6.45, 7) is 14.2. The van der Waals surface area contributed by atoms with E-state index in [9.17, 15) is 9.18 Å². The molecule has 0 spiro atoms. The maximum Gasteiger partial charge on any atom is 0.511 e. The number of hydrogen-bond donors (Lipinski definition) is 0. The number of carbonyl (C=O) groups is 1. The molecule has 0 heterocycles. The van der Waals surface area contributed by atoms with Crippen molar-refractivity contribution >= 4 is 6.16 Å². The average Bonchev–Trinajstić information content (AvgIpc) is 2.13. The molecule has 0 bridgehead atoms. The van der Waals surface area contributed by atoms with E-state index in [-0.39, 0.29) is 12.5 Å². The van der Waals surface area contributed by atoms with Crippen molar-refractivity contribution in [3.05, 3.63) is 12.8 Å². The van der Waals surface area contributed by atoms with Crippen molar-refractivity contribution in [3.63, 3.8) is 0 Å². The van der Waals surface area contributed by atoms with Crippen molar-refractivity contribution < 1.29 is 23.4 Å². The Balaban J connectivity index is 4.49. The Morgan fingerprint density at radius 2 is 1.79 bits per heavy atom. The molecule has 0 aliphatic rings. The molecule has 0 aromatic carbocycles. The summed E-state index contributed by atoms with van der Waals surface area (Å²) in [7, 11) is 0. The number of hydrogen-bond acceptors (Lipinski definition) is 4. The van der Waals surface area contributed by atoms with Gasteiger partial charge in [-0.1, -0.05) is 20.4 Å². The van der Waals surface area contributed by atoms with E-state index >= 15 is 0 Å². The number of rotatable bonds is 7. The van der Waals surface area contributed by atoms with Gasteiger partial charge in [0.1, 0.15) is 5.60 Å². The van der Waals surface area contributed by atoms with Crippen LogP contribution in [-0.2, 0) is 14.2 Å². The molecular weight excluding hydrogens is 251 g/mol. The van der Waals surface area contributed by atoms with Gasteiger partial charge < -0.3 is 14.2 Å². The maximum absolute atomic E-state index is 13.8. The summed E-state index contributed by atoms with van der Waals surface area (Å²) >= 11 is 0. The van der Waals surface area contributed by atoms with Gasteiger partial charge in [-0.15, -0.1) is 0 Å². The van der Waals surface area contributed by atoms with Crippen LogP contribution in [-0.4, -0.2) is 24.2 Å². The summed E-state index contributed by atoms with van der Waals surface area (Å²) in [5.41, 5.74) is -1.19. The predicted octanol–water partition coefficient (Wildman–Crippen LogP) is 4.20. The van der Waals surface area contributed by atoms with E-state index in [1.165, 1.54) is 6.26 Å². The Morgan fingerprint density at radius 3 is 2.21 bits per heavy atom. The van der Waals surface area contributed by atoms with Gasteiger partial charge in [0.05, 0.1) is 12.4 Å². The number of alkyl halides is 1. The maximum atomic E-state index is 13.8. The van der Waals surface area contributed by atoms with Gasteiger partial charge >= 0.3 is 6.16 Å². The zero-order valence-corrected chi connectivity index (χ0v) is 12.7. The molecular formula is C14H25FO4. The highest BCUT2D eigenvalue weighted by molar-refractivity contribution is 5.60. The molecule has 112 valence electrons. The van der Waals surface area contributed by atoms with Crippen LogP contribution in [0.1, 0.15) is 48.0 Å². The minimum Gasteiger partial charge on any atom is -0.496 e. The summed E-state index contributed by atoms with van der Waals surface area (Å²) in [5, 5.41) is 0. The lowest BCUT2D eigenvalue weighted by atomic mass is 9.74. The molecule has 0 saturated heterocycles. The normalized spacial score (nSPS) is 13.9. The van der Waals surface area contributed by atoms with Gasteiger partial charge in [-0.3, -0.25) is 0 Å². The standard InChI is InChI=1S/C14H25FO4/c1-8-17-14(6,7)13(4,5)9-11(15)19-12(16)18-10(2)3/h8,10-11H,1,9H2,2-7H3.